The van der Waals surface area contributed by atoms with Crippen LogP contribution in [0.25, 0.3) is 0 Å². The maximum Gasteiger partial charge on any atom is 0.305 e. The van der Waals surface area contributed by atoms with E-state index in [0.29, 0.717) is 11.4 Å². The van der Waals surface area contributed by atoms with Gasteiger partial charge in [0.2, 0.25) is 0 Å². The number of aromatic nitrogens is 1. The number of hydrogen-bond donors (Lipinski definition) is 3. The molecule has 0 amide bonds. The number of carboxylic acids is 1. The standard InChI is InChI=1S/C16H16FN3O2S/c1-10-6-7-18-14(8-10)20-16(23)19-13(9-15(21)22)11-2-4-12(17)5-3-11/h2-8,13H,9H2,1H3,(H,21,22)(H2,18,19,20,23). The van der Waals surface area contributed by atoms with Gasteiger partial charge >= 0.3 is 5.97 Å². The molecule has 0 saturated heterocycles. The van der Waals surface area contributed by atoms with Crippen LogP contribution in [0.3, 0.4) is 0 Å². The topological polar surface area (TPSA) is 74.2 Å². The molecule has 23 heavy (non-hydrogen) atoms. The first kappa shape index (κ1) is 16.8. The highest BCUT2D eigenvalue weighted by atomic mass is 32.1. The molecular weight excluding hydrogens is 317 g/mol. The summed E-state index contributed by atoms with van der Waals surface area (Å²) in [6.07, 6.45) is 1.46. The van der Waals surface area contributed by atoms with Crippen LogP contribution in [0.5, 0.6) is 0 Å². The molecule has 2 rings (SSSR count). The molecule has 0 radical (unpaired) electrons. The van der Waals surface area contributed by atoms with E-state index >= 15 is 0 Å². The highest BCUT2D eigenvalue weighted by Gasteiger charge is 2.17. The fourth-order valence-corrected chi connectivity index (χ4v) is 2.28. The number of carboxylic acid groups (broad SMARTS) is 1. The van der Waals surface area contributed by atoms with Crippen molar-refractivity contribution in [2.75, 3.05) is 5.32 Å². The lowest BCUT2D eigenvalue weighted by Gasteiger charge is -2.19. The fraction of sp³-hybridized carbons (Fsp3) is 0.188. The van der Waals surface area contributed by atoms with Crippen LogP contribution >= 0.6 is 12.2 Å². The maximum atomic E-state index is 13.0. The summed E-state index contributed by atoms with van der Waals surface area (Å²) >= 11 is 5.20. The lowest BCUT2D eigenvalue weighted by atomic mass is 10.0. The molecule has 0 aliphatic rings. The minimum absolute atomic E-state index is 0.186. The minimum Gasteiger partial charge on any atom is -0.481 e. The van der Waals surface area contributed by atoms with E-state index in [4.69, 9.17) is 17.3 Å². The first-order chi connectivity index (χ1) is 10.9. The summed E-state index contributed by atoms with van der Waals surface area (Å²) in [4.78, 5) is 15.2. The van der Waals surface area contributed by atoms with Crippen molar-refractivity contribution in [1.29, 1.82) is 0 Å². The average molecular weight is 333 g/mol. The highest BCUT2D eigenvalue weighted by molar-refractivity contribution is 7.80. The summed E-state index contributed by atoms with van der Waals surface area (Å²) in [6, 6.07) is 8.73. The molecule has 0 aliphatic carbocycles. The number of nitrogens with one attached hydrogen (secondary N) is 2. The average Bonchev–Trinajstić information content (AvgIpc) is 2.46. The van der Waals surface area contributed by atoms with Gasteiger partial charge in [0, 0.05) is 6.20 Å². The lowest BCUT2D eigenvalue weighted by Crippen LogP contribution is -2.33. The molecule has 1 atom stereocenters. The SMILES string of the molecule is Cc1ccnc(NC(=S)NC(CC(=O)O)c2ccc(F)cc2)c1. The lowest BCUT2D eigenvalue weighted by molar-refractivity contribution is -0.137. The molecule has 2 aromatic rings. The van der Waals surface area contributed by atoms with E-state index in [-0.39, 0.29) is 17.4 Å². The van der Waals surface area contributed by atoms with Crippen molar-refractivity contribution < 1.29 is 14.3 Å². The number of pyridine rings is 1. The Labute approximate surface area is 138 Å². The van der Waals surface area contributed by atoms with Gasteiger partial charge in [-0.3, -0.25) is 4.79 Å². The van der Waals surface area contributed by atoms with Crippen LogP contribution in [0.4, 0.5) is 10.2 Å². The van der Waals surface area contributed by atoms with Crippen molar-refractivity contribution >= 4 is 29.1 Å². The third-order valence-corrected chi connectivity index (χ3v) is 3.33. The summed E-state index contributed by atoms with van der Waals surface area (Å²) < 4.78 is 13.0. The Hall–Kier alpha value is -2.54. The Balaban J connectivity index is 2.09. The Morgan fingerprint density at radius 3 is 2.65 bits per heavy atom. The Morgan fingerprint density at radius 2 is 2.04 bits per heavy atom. The first-order valence-electron chi connectivity index (χ1n) is 6.91. The molecule has 1 heterocycles. The van der Waals surface area contributed by atoms with E-state index in [0.717, 1.165) is 5.56 Å². The van der Waals surface area contributed by atoms with Gasteiger partial charge in [0.05, 0.1) is 12.5 Å². The maximum absolute atomic E-state index is 13.0. The summed E-state index contributed by atoms with van der Waals surface area (Å²) in [5.41, 5.74) is 1.65. The summed E-state index contributed by atoms with van der Waals surface area (Å²) in [7, 11) is 0. The number of benzene rings is 1. The van der Waals surface area contributed by atoms with Crippen molar-refractivity contribution in [2.24, 2.45) is 0 Å². The number of aliphatic carboxylic acids is 1. The molecule has 0 saturated carbocycles. The van der Waals surface area contributed by atoms with Gasteiger partial charge in [0.1, 0.15) is 11.6 Å². The molecule has 120 valence electrons. The molecular formula is C16H16FN3O2S. The number of aryl methyl sites for hydroxylation is 1. The predicted molar refractivity (Wildman–Crippen MR) is 89.7 cm³/mol. The van der Waals surface area contributed by atoms with Gasteiger partial charge in [-0.25, -0.2) is 9.37 Å². The van der Waals surface area contributed by atoms with Gasteiger partial charge in [-0.1, -0.05) is 12.1 Å². The van der Waals surface area contributed by atoms with Crippen molar-refractivity contribution in [2.45, 2.75) is 19.4 Å². The quantitative estimate of drug-likeness (QED) is 0.731. The number of thiocarbonyl (C=S) groups is 1. The highest BCUT2D eigenvalue weighted by Crippen LogP contribution is 2.18. The van der Waals surface area contributed by atoms with E-state index in [2.05, 4.69) is 15.6 Å². The van der Waals surface area contributed by atoms with Crippen LogP contribution < -0.4 is 10.6 Å². The molecule has 7 heteroatoms. The zero-order chi connectivity index (χ0) is 16.8. The zero-order valence-corrected chi connectivity index (χ0v) is 13.2. The summed E-state index contributed by atoms with van der Waals surface area (Å²) in [5, 5.41) is 15.1. The second-order valence-corrected chi connectivity index (χ2v) is 5.43. The van der Waals surface area contributed by atoms with Crippen LogP contribution in [0, 0.1) is 12.7 Å². The number of carbonyl (C=O) groups is 1. The molecule has 0 spiro atoms. The molecule has 0 aliphatic heterocycles. The molecule has 1 unspecified atom stereocenters. The van der Waals surface area contributed by atoms with Gasteiger partial charge in [0.25, 0.3) is 0 Å². The number of rotatable bonds is 5. The van der Waals surface area contributed by atoms with Crippen LogP contribution in [0.1, 0.15) is 23.6 Å². The largest absolute Gasteiger partial charge is 0.481 e. The van der Waals surface area contributed by atoms with Gasteiger partial charge < -0.3 is 15.7 Å². The van der Waals surface area contributed by atoms with Gasteiger partial charge in [0.15, 0.2) is 5.11 Å². The van der Waals surface area contributed by atoms with E-state index in [1.807, 2.05) is 19.1 Å². The fourth-order valence-electron chi connectivity index (χ4n) is 2.04. The second kappa shape index (κ2) is 7.64. The minimum atomic E-state index is -0.983. The third kappa shape index (κ3) is 5.30. The smallest absolute Gasteiger partial charge is 0.305 e. The van der Waals surface area contributed by atoms with Crippen LogP contribution in [-0.2, 0) is 4.79 Å². The molecule has 0 fully saturated rings. The third-order valence-electron chi connectivity index (χ3n) is 3.11. The van der Waals surface area contributed by atoms with Crippen molar-refractivity contribution in [1.82, 2.24) is 10.3 Å². The van der Waals surface area contributed by atoms with Gasteiger partial charge in [-0.15, -0.1) is 0 Å². The number of hydrogen-bond acceptors (Lipinski definition) is 3. The van der Waals surface area contributed by atoms with Crippen molar-refractivity contribution in [3.8, 4) is 0 Å². The monoisotopic (exact) mass is 333 g/mol. The number of nitrogens with zero attached hydrogens (tertiary/aromatic N) is 1. The molecule has 5 nitrogen and oxygen atoms in total. The van der Waals surface area contributed by atoms with Gasteiger partial charge in [-0.05, 0) is 54.5 Å². The van der Waals surface area contributed by atoms with E-state index in [1.165, 1.54) is 24.3 Å². The predicted octanol–water partition coefficient (Wildman–Crippen LogP) is 3.03. The summed E-state index contributed by atoms with van der Waals surface area (Å²) in [6.45, 7) is 1.93. The van der Waals surface area contributed by atoms with E-state index < -0.39 is 12.0 Å². The molecule has 1 aromatic carbocycles. The van der Waals surface area contributed by atoms with Crippen LogP contribution in [-0.4, -0.2) is 21.2 Å². The molecule has 0 bridgehead atoms. The summed E-state index contributed by atoms with van der Waals surface area (Å²) in [5.74, 6) is -0.800. The van der Waals surface area contributed by atoms with Crippen molar-refractivity contribution in [3.63, 3.8) is 0 Å². The second-order valence-electron chi connectivity index (χ2n) is 5.02. The van der Waals surface area contributed by atoms with Gasteiger partial charge in [-0.2, -0.15) is 0 Å². The van der Waals surface area contributed by atoms with E-state index in [9.17, 15) is 9.18 Å². The van der Waals surface area contributed by atoms with Crippen molar-refractivity contribution in [3.05, 3.63) is 59.5 Å². The molecule has 1 aromatic heterocycles. The zero-order valence-electron chi connectivity index (χ0n) is 12.4. The van der Waals surface area contributed by atoms with Crippen LogP contribution in [0.2, 0.25) is 0 Å². The Bertz CT molecular complexity index is 707. The first-order valence-corrected chi connectivity index (χ1v) is 7.32. The van der Waals surface area contributed by atoms with E-state index in [1.54, 1.807) is 6.20 Å². The van der Waals surface area contributed by atoms with Crippen LogP contribution in [0.15, 0.2) is 42.6 Å². The Morgan fingerprint density at radius 1 is 1.35 bits per heavy atom. The normalized spacial score (nSPS) is 11.6. The number of anilines is 1. The molecule has 3 N–H and O–H groups in total. The number of halogens is 1. The Kier molecular flexibility index (Phi) is 5.59.